The minimum absolute atomic E-state index is 0.0689. The second-order valence-electron chi connectivity index (χ2n) is 5.61. The smallest absolute Gasteiger partial charge is 0.253 e. The number of aromatic nitrogens is 1. The maximum absolute atomic E-state index is 12.4. The highest BCUT2D eigenvalue weighted by atomic mass is 16.2. The Kier molecular flexibility index (Phi) is 5.09. The summed E-state index contributed by atoms with van der Waals surface area (Å²) >= 11 is 0. The molecule has 0 unspecified atom stereocenters. The quantitative estimate of drug-likeness (QED) is 0.840. The molecule has 0 saturated heterocycles. The van der Waals surface area contributed by atoms with Crippen molar-refractivity contribution in [3.63, 3.8) is 0 Å². The van der Waals surface area contributed by atoms with Gasteiger partial charge in [0.25, 0.3) is 5.91 Å². The Morgan fingerprint density at radius 1 is 1.10 bits per heavy atom. The Morgan fingerprint density at radius 2 is 1.71 bits per heavy atom. The molecule has 3 nitrogen and oxygen atoms in total. The fraction of sp³-hybridized carbons (Fsp3) is 0.333. The van der Waals surface area contributed by atoms with Gasteiger partial charge in [0.05, 0.1) is 0 Å². The van der Waals surface area contributed by atoms with Crippen LogP contribution >= 0.6 is 0 Å². The third-order valence-electron chi connectivity index (χ3n) is 3.66. The SMILES string of the molecule is CC(C)c1ccc(C(=O)N(C)CCc2ccncc2)cc1. The normalized spacial score (nSPS) is 10.7. The van der Waals surface area contributed by atoms with Gasteiger partial charge in [-0.2, -0.15) is 0 Å². The van der Waals surface area contributed by atoms with Crippen molar-refractivity contribution in [1.82, 2.24) is 9.88 Å². The zero-order valence-corrected chi connectivity index (χ0v) is 12.9. The van der Waals surface area contributed by atoms with E-state index in [0.29, 0.717) is 12.5 Å². The molecule has 0 fully saturated rings. The lowest BCUT2D eigenvalue weighted by atomic mass is 10.0. The van der Waals surface area contributed by atoms with Gasteiger partial charge in [-0.1, -0.05) is 26.0 Å². The van der Waals surface area contributed by atoms with E-state index in [1.165, 1.54) is 11.1 Å². The highest BCUT2D eigenvalue weighted by molar-refractivity contribution is 5.94. The summed E-state index contributed by atoms with van der Waals surface area (Å²) in [5.41, 5.74) is 3.20. The van der Waals surface area contributed by atoms with Crippen molar-refractivity contribution < 1.29 is 4.79 Å². The average molecular weight is 282 g/mol. The lowest BCUT2D eigenvalue weighted by molar-refractivity contribution is 0.0796. The van der Waals surface area contributed by atoms with E-state index in [0.717, 1.165) is 12.0 Å². The molecule has 0 radical (unpaired) electrons. The van der Waals surface area contributed by atoms with Gasteiger partial charge < -0.3 is 4.90 Å². The molecule has 2 rings (SSSR count). The number of likely N-dealkylation sites (N-methyl/N-ethyl adjacent to an activating group) is 1. The van der Waals surface area contributed by atoms with Crippen LogP contribution in [-0.2, 0) is 6.42 Å². The van der Waals surface area contributed by atoms with E-state index in [2.05, 4.69) is 18.8 Å². The van der Waals surface area contributed by atoms with Crippen LogP contribution in [0, 0.1) is 0 Å². The molecular formula is C18H22N2O. The molecule has 0 saturated carbocycles. The molecule has 0 aliphatic heterocycles. The first-order valence-electron chi connectivity index (χ1n) is 7.32. The Balaban J connectivity index is 1.95. The van der Waals surface area contributed by atoms with Crippen molar-refractivity contribution in [1.29, 1.82) is 0 Å². The topological polar surface area (TPSA) is 33.2 Å². The van der Waals surface area contributed by atoms with Crippen molar-refractivity contribution in [2.24, 2.45) is 0 Å². The largest absolute Gasteiger partial charge is 0.341 e. The maximum atomic E-state index is 12.4. The first-order chi connectivity index (χ1) is 10.1. The molecule has 1 aromatic carbocycles. The molecule has 2 aromatic rings. The fourth-order valence-corrected chi connectivity index (χ4v) is 2.18. The number of benzene rings is 1. The Hall–Kier alpha value is -2.16. The van der Waals surface area contributed by atoms with Crippen LogP contribution in [0.15, 0.2) is 48.8 Å². The van der Waals surface area contributed by atoms with E-state index in [1.807, 2.05) is 43.4 Å². The number of nitrogens with zero attached hydrogens (tertiary/aromatic N) is 2. The number of hydrogen-bond acceptors (Lipinski definition) is 2. The third-order valence-corrected chi connectivity index (χ3v) is 3.66. The van der Waals surface area contributed by atoms with Crippen molar-refractivity contribution in [3.05, 3.63) is 65.5 Å². The van der Waals surface area contributed by atoms with Crippen molar-refractivity contribution in [3.8, 4) is 0 Å². The van der Waals surface area contributed by atoms with Crippen LogP contribution in [0.2, 0.25) is 0 Å². The van der Waals surface area contributed by atoms with Gasteiger partial charge in [-0.15, -0.1) is 0 Å². The Labute approximate surface area is 126 Å². The number of amides is 1. The molecule has 0 aliphatic carbocycles. The number of carbonyl (C=O) groups is 1. The summed E-state index contributed by atoms with van der Waals surface area (Å²) < 4.78 is 0. The molecule has 0 bridgehead atoms. The lowest BCUT2D eigenvalue weighted by Gasteiger charge is -2.17. The molecule has 3 heteroatoms. The van der Waals surface area contributed by atoms with E-state index in [1.54, 1.807) is 17.3 Å². The van der Waals surface area contributed by atoms with Gasteiger partial charge in [0.15, 0.2) is 0 Å². The standard InChI is InChI=1S/C18H22N2O/c1-14(2)16-4-6-17(7-5-16)18(21)20(3)13-10-15-8-11-19-12-9-15/h4-9,11-12,14H,10,13H2,1-3H3. The van der Waals surface area contributed by atoms with Gasteiger partial charge in [-0.25, -0.2) is 0 Å². The van der Waals surface area contributed by atoms with Crippen LogP contribution in [0.1, 0.15) is 41.3 Å². The molecule has 110 valence electrons. The molecule has 0 atom stereocenters. The molecule has 0 N–H and O–H groups in total. The predicted molar refractivity (Wildman–Crippen MR) is 85.4 cm³/mol. The van der Waals surface area contributed by atoms with E-state index in [-0.39, 0.29) is 5.91 Å². The second-order valence-corrected chi connectivity index (χ2v) is 5.61. The van der Waals surface area contributed by atoms with Crippen LogP contribution < -0.4 is 0 Å². The zero-order valence-electron chi connectivity index (χ0n) is 12.9. The number of rotatable bonds is 5. The van der Waals surface area contributed by atoms with E-state index < -0.39 is 0 Å². The number of hydrogen-bond donors (Lipinski definition) is 0. The molecular weight excluding hydrogens is 260 g/mol. The Morgan fingerprint density at radius 3 is 2.29 bits per heavy atom. The zero-order chi connectivity index (χ0) is 15.2. The van der Waals surface area contributed by atoms with Crippen LogP contribution in [0.5, 0.6) is 0 Å². The minimum atomic E-state index is 0.0689. The fourth-order valence-electron chi connectivity index (χ4n) is 2.18. The monoisotopic (exact) mass is 282 g/mol. The van der Waals surface area contributed by atoms with Gasteiger partial charge in [-0.05, 0) is 47.7 Å². The second kappa shape index (κ2) is 7.02. The van der Waals surface area contributed by atoms with Gasteiger partial charge in [-0.3, -0.25) is 9.78 Å². The van der Waals surface area contributed by atoms with E-state index >= 15 is 0 Å². The van der Waals surface area contributed by atoms with E-state index in [4.69, 9.17) is 0 Å². The molecule has 21 heavy (non-hydrogen) atoms. The van der Waals surface area contributed by atoms with Crippen molar-refractivity contribution in [2.75, 3.05) is 13.6 Å². The van der Waals surface area contributed by atoms with Crippen LogP contribution in [0.4, 0.5) is 0 Å². The highest BCUT2D eigenvalue weighted by Crippen LogP contribution is 2.15. The highest BCUT2D eigenvalue weighted by Gasteiger charge is 2.11. The molecule has 0 spiro atoms. The minimum Gasteiger partial charge on any atom is -0.341 e. The molecule has 1 aromatic heterocycles. The van der Waals surface area contributed by atoms with Crippen LogP contribution in [0.3, 0.4) is 0 Å². The summed E-state index contributed by atoms with van der Waals surface area (Å²) in [6.45, 7) is 5.00. The molecule has 1 heterocycles. The summed E-state index contributed by atoms with van der Waals surface area (Å²) in [5.74, 6) is 0.554. The molecule has 0 aliphatic rings. The first-order valence-corrected chi connectivity index (χ1v) is 7.32. The summed E-state index contributed by atoms with van der Waals surface area (Å²) in [6.07, 6.45) is 4.40. The third kappa shape index (κ3) is 4.15. The van der Waals surface area contributed by atoms with E-state index in [9.17, 15) is 4.79 Å². The van der Waals surface area contributed by atoms with Crippen LogP contribution in [-0.4, -0.2) is 29.4 Å². The lowest BCUT2D eigenvalue weighted by Crippen LogP contribution is -2.28. The van der Waals surface area contributed by atoms with Gasteiger partial charge in [0.2, 0.25) is 0 Å². The maximum Gasteiger partial charge on any atom is 0.253 e. The van der Waals surface area contributed by atoms with Crippen molar-refractivity contribution >= 4 is 5.91 Å². The van der Waals surface area contributed by atoms with Crippen molar-refractivity contribution in [2.45, 2.75) is 26.2 Å². The number of pyridine rings is 1. The Bertz CT molecular complexity index is 576. The number of carbonyl (C=O) groups excluding carboxylic acids is 1. The summed E-state index contributed by atoms with van der Waals surface area (Å²) in [7, 11) is 1.85. The average Bonchev–Trinajstić information content (AvgIpc) is 2.53. The van der Waals surface area contributed by atoms with Crippen LogP contribution in [0.25, 0.3) is 0 Å². The molecule has 1 amide bonds. The summed E-state index contributed by atoms with van der Waals surface area (Å²) in [4.78, 5) is 18.1. The summed E-state index contributed by atoms with van der Waals surface area (Å²) in [5, 5.41) is 0. The first kappa shape index (κ1) is 15.2. The predicted octanol–water partition coefficient (Wildman–Crippen LogP) is 3.52. The summed E-state index contributed by atoms with van der Waals surface area (Å²) in [6, 6.07) is 11.9. The van der Waals surface area contributed by atoms with Gasteiger partial charge in [0, 0.05) is 31.5 Å². The van der Waals surface area contributed by atoms with Gasteiger partial charge in [0.1, 0.15) is 0 Å². The van der Waals surface area contributed by atoms with Gasteiger partial charge >= 0.3 is 0 Å².